The Morgan fingerprint density at radius 1 is 0.974 bits per heavy atom. The van der Waals surface area contributed by atoms with E-state index in [9.17, 15) is 19.5 Å². The van der Waals surface area contributed by atoms with Crippen molar-refractivity contribution in [1.29, 1.82) is 0 Å². The number of rotatable bonds is 10. The lowest BCUT2D eigenvalue weighted by Crippen LogP contribution is -2.53. The van der Waals surface area contributed by atoms with Gasteiger partial charge >= 0.3 is 6.09 Å². The third kappa shape index (κ3) is 8.58. The Bertz CT molecular complexity index is 1120. The average Bonchev–Trinajstić information content (AvgIpc) is 2.80. The van der Waals surface area contributed by atoms with Crippen LogP contribution in [0.3, 0.4) is 0 Å². The summed E-state index contributed by atoms with van der Waals surface area (Å²) in [5.74, 6) is -0.811. The minimum absolute atomic E-state index is 0.0646. The molecule has 2 aromatic rings. The van der Waals surface area contributed by atoms with Gasteiger partial charge in [-0.15, -0.1) is 0 Å². The van der Waals surface area contributed by atoms with Crippen LogP contribution in [-0.4, -0.2) is 52.7 Å². The van der Waals surface area contributed by atoms with E-state index in [1.807, 2.05) is 71.0 Å². The van der Waals surface area contributed by atoms with Gasteiger partial charge in [-0.3, -0.25) is 9.59 Å². The average molecular weight is 526 g/mol. The molecule has 208 valence electrons. The minimum Gasteiger partial charge on any atom is -0.444 e. The highest BCUT2D eigenvalue weighted by molar-refractivity contribution is 5.99. The van der Waals surface area contributed by atoms with Gasteiger partial charge in [0, 0.05) is 12.2 Å². The van der Waals surface area contributed by atoms with Crippen LogP contribution in [-0.2, 0) is 14.3 Å². The molecule has 8 nitrogen and oxygen atoms in total. The standard InChI is InChI=1S/C30H43N3O5/c1-19(2)18-25(32-29(37)38-30(6,7)8)28(36)33(16-17-34)26(23-14-11-13-20(3)22(23)5)27(35)31-24-15-10-9-12-21(24)4/h9-15,19,25-26,34H,16-18H2,1-8H3,(H,31,35)(H,32,37). The molecule has 0 radical (unpaired) electrons. The SMILES string of the molecule is Cc1ccccc1NC(=O)C(c1cccc(C)c1C)N(CCO)C(=O)C(CC(C)C)NC(=O)OC(C)(C)C. The van der Waals surface area contributed by atoms with Crippen molar-refractivity contribution in [2.24, 2.45) is 5.92 Å². The van der Waals surface area contributed by atoms with Crippen LogP contribution in [0, 0.1) is 26.7 Å². The molecular weight excluding hydrogens is 482 g/mol. The van der Waals surface area contributed by atoms with E-state index >= 15 is 0 Å². The number of para-hydroxylation sites is 1. The Labute approximate surface area is 226 Å². The van der Waals surface area contributed by atoms with Crippen LogP contribution in [0.15, 0.2) is 42.5 Å². The molecule has 8 heteroatoms. The first kappa shape index (κ1) is 30.8. The number of aryl methyl sites for hydroxylation is 2. The maximum atomic E-state index is 14.1. The van der Waals surface area contributed by atoms with Crippen molar-refractivity contribution in [3.8, 4) is 0 Å². The zero-order valence-electron chi connectivity index (χ0n) is 23.9. The van der Waals surface area contributed by atoms with Crippen LogP contribution in [0.2, 0.25) is 0 Å². The molecule has 0 fully saturated rings. The number of carbonyl (C=O) groups is 3. The monoisotopic (exact) mass is 525 g/mol. The summed E-state index contributed by atoms with van der Waals surface area (Å²) in [6.07, 6.45) is -0.382. The summed E-state index contributed by atoms with van der Waals surface area (Å²) in [4.78, 5) is 42.0. The molecule has 3 N–H and O–H groups in total. The summed E-state index contributed by atoms with van der Waals surface area (Å²) in [6.45, 7) is 14.4. The number of nitrogens with zero attached hydrogens (tertiary/aromatic N) is 1. The number of carbonyl (C=O) groups excluding carboxylic acids is 3. The van der Waals surface area contributed by atoms with E-state index in [0.29, 0.717) is 17.7 Å². The molecule has 3 amide bonds. The van der Waals surface area contributed by atoms with Crippen LogP contribution in [0.25, 0.3) is 0 Å². The van der Waals surface area contributed by atoms with Crippen molar-refractivity contribution in [1.82, 2.24) is 10.2 Å². The molecule has 0 saturated heterocycles. The molecule has 0 aromatic heterocycles. The lowest BCUT2D eigenvalue weighted by Gasteiger charge is -2.35. The number of aliphatic hydroxyl groups is 1. The van der Waals surface area contributed by atoms with Crippen LogP contribution < -0.4 is 10.6 Å². The van der Waals surface area contributed by atoms with E-state index < -0.39 is 35.6 Å². The number of benzene rings is 2. The number of ether oxygens (including phenoxy) is 1. The summed E-state index contributed by atoms with van der Waals surface area (Å²) in [6, 6.07) is 11.0. The third-order valence-corrected chi connectivity index (χ3v) is 6.22. The number of alkyl carbamates (subject to hydrolysis) is 1. The molecule has 0 aliphatic carbocycles. The molecule has 0 bridgehead atoms. The molecule has 38 heavy (non-hydrogen) atoms. The molecule has 0 aliphatic heterocycles. The van der Waals surface area contributed by atoms with Crippen molar-refractivity contribution in [3.63, 3.8) is 0 Å². The Hall–Kier alpha value is -3.39. The van der Waals surface area contributed by atoms with Crippen molar-refractivity contribution >= 4 is 23.6 Å². The smallest absolute Gasteiger partial charge is 0.408 e. The van der Waals surface area contributed by atoms with Gasteiger partial charge in [0.25, 0.3) is 5.91 Å². The van der Waals surface area contributed by atoms with Gasteiger partial charge in [0.15, 0.2) is 0 Å². The first-order chi connectivity index (χ1) is 17.7. The van der Waals surface area contributed by atoms with E-state index in [0.717, 1.165) is 16.7 Å². The maximum absolute atomic E-state index is 14.1. The van der Waals surface area contributed by atoms with Gasteiger partial charge in [0.05, 0.1) is 6.61 Å². The number of nitrogens with one attached hydrogen (secondary N) is 2. The van der Waals surface area contributed by atoms with E-state index in [2.05, 4.69) is 10.6 Å². The second kappa shape index (κ2) is 13.4. The number of aliphatic hydroxyl groups excluding tert-OH is 1. The maximum Gasteiger partial charge on any atom is 0.408 e. The van der Waals surface area contributed by atoms with E-state index in [1.165, 1.54) is 4.90 Å². The molecule has 2 atom stereocenters. The third-order valence-electron chi connectivity index (χ3n) is 6.22. The molecule has 2 aromatic carbocycles. The second-order valence-corrected chi connectivity index (χ2v) is 11.1. The highest BCUT2D eigenvalue weighted by atomic mass is 16.6. The number of anilines is 1. The first-order valence-corrected chi connectivity index (χ1v) is 13.1. The molecule has 0 saturated carbocycles. The molecule has 2 rings (SSSR count). The lowest BCUT2D eigenvalue weighted by atomic mass is 9.94. The van der Waals surface area contributed by atoms with Gasteiger partial charge < -0.3 is 25.4 Å². The van der Waals surface area contributed by atoms with Crippen LogP contribution in [0.5, 0.6) is 0 Å². The molecule has 0 aliphatic rings. The molecule has 0 heterocycles. The van der Waals surface area contributed by atoms with Crippen molar-refractivity contribution in [2.75, 3.05) is 18.5 Å². The summed E-state index contributed by atoms with van der Waals surface area (Å²) in [5.41, 5.74) is 3.26. The summed E-state index contributed by atoms with van der Waals surface area (Å²) >= 11 is 0. The van der Waals surface area contributed by atoms with Gasteiger partial charge in [0.1, 0.15) is 17.7 Å². The summed E-state index contributed by atoms with van der Waals surface area (Å²) in [7, 11) is 0. The molecule has 2 unspecified atom stereocenters. The van der Waals surface area contributed by atoms with Gasteiger partial charge in [0.2, 0.25) is 5.91 Å². The topological polar surface area (TPSA) is 108 Å². The largest absolute Gasteiger partial charge is 0.444 e. The lowest BCUT2D eigenvalue weighted by molar-refractivity contribution is -0.141. The summed E-state index contributed by atoms with van der Waals surface area (Å²) < 4.78 is 5.41. The van der Waals surface area contributed by atoms with E-state index in [4.69, 9.17) is 4.74 Å². The Kier molecular flexibility index (Phi) is 10.9. The Morgan fingerprint density at radius 2 is 1.61 bits per heavy atom. The van der Waals surface area contributed by atoms with Crippen LogP contribution >= 0.6 is 0 Å². The Morgan fingerprint density at radius 3 is 2.18 bits per heavy atom. The van der Waals surface area contributed by atoms with Crippen molar-refractivity contribution < 1.29 is 24.2 Å². The number of hydrogen-bond acceptors (Lipinski definition) is 5. The quantitative estimate of drug-likeness (QED) is 0.402. The van der Waals surface area contributed by atoms with Crippen molar-refractivity contribution in [3.05, 3.63) is 64.7 Å². The fraction of sp³-hybridized carbons (Fsp3) is 0.500. The van der Waals surface area contributed by atoms with Gasteiger partial charge in [-0.25, -0.2) is 4.79 Å². The van der Waals surface area contributed by atoms with Gasteiger partial charge in [-0.1, -0.05) is 50.2 Å². The number of hydrogen-bond donors (Lipinski definition) is 3. The van der Waals surface area contributed by atoms with Crippen LogP contribution in [0.1, 0.15) is 69.3 Å². The molecule has 0 spiro atoms. The number of amides is 3. The first-order valence-electron chi connectivity index (χ1n) is 13.1. The fourth-order valence-electron chi connectivity index (χ4n) is 4.25. The van der Waals surface area contributed by atoms with Crippen molar-refractivity contribution in [2.45, 2.75) is 79.5 Å². The van der Waals surface area contributed by atoms with Gasteiger partial charge in [-0.2, -0.15) is 0 Å². The molecular formula is C30H43N3O5. The fourth-order valence-corrected chi connectivity index (χ4v) is 4.25. The highest BCUT2D eigenvalue weighted by Gasteiger charge is 2.37. The van der Waals surface area contributed by atoms with E-state index in [-0.39, 0.29) is 19.1 Å². The zero-order valence-corrected chi connectivity index (χ0v) is 23.9. The summed E-state index contributed by atoms with van der Waals surface area (Å²) in [5, 5.41) is 15.7. The highest BCUT2D eigenvalue weighted by Crippen LogP contribution is 2.29. The normalized spacial score (nSPS) is 13.0. The van der Waals surface area contributed by atoms with Gasteiger partial charge in [-0.05, 0) is 82.2 Å². The minimum atomic E-state index is -1.04. The van der Waals surface area contributed by atoms with E-state index in [1.54, 1.807) is 26.8 Å². The van der Waals surface area contributed by atoms with Crippen LogP contribution in [0.4, 0.5) is 10.5 Å². The predicted molar refractivity (Wildman–Crippen MR) is 150 cm³/mol. The second-order valence-electron chi connectivity index (χ2n) is 11.1. The zero-order chi connectivity index (χ0) is 28.6. The Balaban J connectivity index is 2.57. The predicted octanol–water partition coefficient (Wildman–Crippen LogP) is 5.05.